The van der Waals surface area contributed by atoms with E-state index in [1.165, 1.54) is 141 Å². The van der Waals surface area contributed by atoms with Crippen LogP contribution in [0.4, 0.5) is 0 Å². The minimum absolute atomic E-state index is 0.0852. The smallest absolute Gasteiger partial charge is 0.462 e. The lowest BCUT2D eigenvalue weighted by molar-refractivity contribution is -0.161. The van der Waals surface area contributed by atoms with E-state index in [1.807, 2.05) is 0 Å². The lowest BCUT2D eigenvalue weighted by Crippen LogP contribution is -2.30. The van der Waals surface area contributed by atoms with Gasteiger partial charge in [0.25, 0.3) is 0 Å². The van der Waals surface area contributed by atoms with Crippen molar-refractivity contribution >= 4 is 39.5 Å². The molecule has 17 nitrogen and oxygen atoms in total. The van der Waals surface area contributed by atoms with Crippen molar-refractivity contribution in [1.29, 1.82) is 0 Å². The van der Waals surface area contributed by atoms with Gasteiger partial charge in [0.1, 0.15) is 19.3 Å². The predicted octanol–water partition coefficient (Wildman–Crippen LogP) is 19.7. The molecule has 0 fully saturated rings. The molecule has 19 heteroatoms. The molecule has 0 radical (unpaired) electrons. The van der Waals surface area contributed by atoms with Crippen LogP contribution in [-0.2, 0) is 65.4 Å². The minimum Gasteiger partial charge on any atom is -0.462 e. The predicted molar refractivity (Wildman–Crippen MR) is 358 cm³/mol. The fraction of sp³-hybridized carbons (Fsp3) is 0.886. The summed E-state index contributed by atoms with van der Waals surface area (Å²) in [5.74, 6) is -1.38. The van der Waals surface area contributed by atoms with Crippen LogP contribution >= 0.6 is 15.6 Å². The highest BCUT2D eigenvalue weighted by Gasteiger charge is 2.30. The van der Waals surface area contributed by atoms with E-state index in [0.717, 1.165) is 115 Å². The Bertz CT molecular complexity index is 1810. The van der Waals surface area contributed by atoms with E-state index in [1.54, 1.807) is 0 Å². The average Bonchev–Trinajstić information content (AvgIpc) is 3.54. The second-order valence-electron chi connectivity index (χ2n) is 25.1. The number of phosphoric ester groups is 2. The van der Waals surface area contributed by atoms with Crippen molar-refractivity contribution in [1.82, 2.24) is 0 Å². The number of unbranched alkanes of at least 4 members (excludes halogenated alkanes) is 37. The van der Waals surface area contributed by atoms with Crippen molar-refractivity contribution in [2.75, 3.05) is 39.6 Å². The number of esters is 4. The average molecular weight is 1310 g/mol. The molecule has 0 saturated heterocycles. The van der Waals surface area contributed by atoms with E-state index >= 15 is 0 Å². The van der Waals surface area contributed by atoms with E-state index in [-0.39, 0.29) is 25.7 Å². The lowest BCUT2D eigenvalue weighted by Gasteiger charge is -2.21. The molecule has 0 heterocycles. The molecule has 3 N–H and O–H groups in total. The summed E-state index contributed by atoms with van der Waals surface area (Å²) in [6.07, 6.45) is 52.1. The van der Waals surface area contributed by atoms with E-state index in [9.17, 15) is 43.2 Å². The maximum absolute atomic E-state index is 13.0. The highest BCUT2D eigenvalue weighted by Crippen LogP contribution is 2.45. The number of ether oxygens (including phenoxy) is 4. The highest BCUT2D eigenvalue weighted by molar-refractivity contribution is 7.47. The third kappa shape index (κ3) is 64.1. The van der Waals surface area contributed by atoms with Gasteiger partial charge in [-0.05, 0) is 57.3 Å². The number of hydrogen-bond acceptors (Lipinski definition) is 15. The summed E-state index contributed by atoms with van der Waals surface area (Å²) in [4.78, 5) is 72.4. The number of aliphatic hydroxyl groups excluding tert-OH is 1. The molecule has 89 heavy (non-hydrogen) atoms. The monoisotopic (exact) mass is 1310 g/mol. The number of allylic oxidation sites excluding steroid dienone is 4. The van der Waals surface area contributed by atoms with Gasteiger partial charge in [0.05, 0.1) is 26.4 Å². The molecule has 0 aliphatic carbocycles. The van der Waals surface area contributed by atoms with Crippen LogP contribution in [0.3, 0.4) is 0 Å². The van der Waals surface area contributed by atoms with E-state index < -0.39 is 97.5 Å². The molecule has 5 atom stereocenters. The lowest BCUT2D eigenvalue weighted by atomic mass is 10.0. The van der Waals surface area contributed by atoms with Crippen molar-refractivity contribution in [2.24, 2.45) is 5.92 Å². The maximum Gasteiger partial charge on any atom is 0.472 e. The van der Waals surface area contributed by atoms with Crippen LogP contribution in [0.2, 0.25) is 0 Å². The van der Waals surface area contributed by atoms with Crippen LogP contribution < -0.4 is 0 Å². The summed E-state index contributed by atoms with van der Waals surface area (Å²) in [6, 6.07) is 0. The molecule has 0 bridgehead atoms. The van der Waals surface area contributed by atoms with Gasteiger partial charge in [-0.2, -0.15) is 0 Å². The largest absolute Gasteiger partial charge is 0.472 e. The summed E-state index contributed by atoms with van der Waals surface area (Å²) in [7, 11) is -9.91. The van der Waals surface area contributed by atoms with Crippen LogP contribution in [0.25, 0.3) is 0 Å². The van der Waals surface area contributed by atoms with E-state index in [0.29, 0.717) is 25.7 Å². The van der Waals surface area contributed by atoms with Crippen molar-refractivity contribution in [3.05, 3.63) is 24.3 Å². The molecular formula is C70H132O17P2. The normalized spacial score (nSPS) is 14.3. The summed E-state index contributed by atoms with van der Waals surface area (Å²) in [5, 5.41) is 10.6. The number of carbonyl (C=O) groups excluding carboxylic acids is 4. The third-order valence-corrected chi connectivity index (χ3v) is 17.6. The molecule has 0 aliphatic heterocycles. The van der Waals surface area contributed by atoms with Crippen LogP contribution in [0, 0.1) is 5.92 Å². The Kier molecular flexibility index (Phi) is 61.2. The summed E-state index contributed by atoms with van der Waals surface area (Å²) in [6.45, 7) is 7.16. The molecule has 0 spiro atoms. The Labute approximate surface area is 542 Å². The maximum atomic E-state index is 13.0. The van der Waals surface area contributed by atoms with Gasteiger partial charge in [-0.25, -0.2) is 9.13 Å². The topological polar surface area (TPSA) is 237 Å². The molecule has 0 aromatic carbocycles. The Morgan fingerprint density at radius 2 is 0.607 bits per heavy atom. The van der Waals surface area contributed by atoms with Gasteiger partial charge in [-0.1, -0.05) is 284 Å². The first-order chi connectivity index (χ1) is 43.0. The van der Waals surface area contributed by atoms with E-state index in [2.05, 4.69) is 58.9 Å². The number of carbonyl (C=O) groups is 4. The Morgan fingerprint density at radius 1 is 0.348 bits per heavy atom. The first kappa shape index (κ1) is 86.5. The summed E-state index contributed by atoms with van der Waals surface area (Å²) in [5.41, 5.74) is 0. The van der Waals surface area contributed by atoms with Gasteiger partial charge in [0.15, 0.2) is 12.2 Å². The molecule has 0 saturated carbocycles. The van der Waals surface area contributed by atoms with Gasteiger partial charge in [0.2, 0.25) is 0 Å². The zero-order valence-corrected chi connectivity index (χ0v) is 58.8. The standard InChI is InChI=1S/C70H132O17P2/c1-6-9-12-15-18-21-23-24-25-26-32-36-41-46-51-56-70(75)87-66(60-81-68(73)54-49-44-39-34-31-28-27-30-33-37-42-47-52-63(4)5)62-85-89(78,79)83-58-64(71)57-82-88(76,77)84-61-65(59-80-67(72)53-48-43-38-20-17-14-11-8-3)86-69(74)55-50-45-40-35-29-22-19-16-13-10-7-2/h21,23-25,63-66,71H,6-20,22,26-62H2,1-5H3,(H,76,77)(H,78,79)/b23-21-,25-24-/t64-,65+,66+/m0/s1. The molecule has 0 aliphatic rings. The van der Waals surface area contributed by atoms with Crippen LogP contribution in [0.1, 0.15) is 336 Å². The van der Waals surface area contributed by atoms with Crippen molar-refractivity contribution in [2.45, 2.75) is 355 Å². The Hall–Kier alpha value is -2.46. The fourth-order valence-corrected chi connectivity index (χ4v) is 11.7. The highest BCUT2D eigenvalue weighted by atomic mass is 31.2. The zero-order chi connectivity index (χ0) is 65.6. The van der Waals surface area contributed by atoms with Crippen LogP contribution in [-0.4, -0.2) is 96.7 Å². The molecule has 0 amide bonds. The van der Waals surface area contributed by atoms with Gasteiger partial charge in [0, 0.05) is 25.7 Å². The van der Waals surface area contributed by atoms with Crippen LogP contribution in [0.15, 0.2) is 24.3 Å². The Balaban J connectivity index is 5.26. The molecule has 0 rings (SSSR count). The summed E-state index contributed by atoms with van der Waals surface area (Å²) < 4.78 is 68.2. The second kappa shape index (κ2) is 63.0. The van der Waals surface area contributed by atoms with E-state index in [4.69, 9.17) is 37.0 Å². The van der Waals surface area contributed by atoms with Crippen molar-refractivity contribution in [3.63, 3.8) is 0 Å². The zero-order valence-electron chi connectivity index (χ0n) is 57.0. The molecular weight excluding hydrogens is 1170 g/mol. The third-order valence-electron chi connectivity index (χ3n) is 15.7. The molecule has 524 valence electrons. The molecule has 2 unspecified atom stereocenters. The van der Waals surface area contributed by atoms with Crippen LogP contribution in [0.5, 0.6) is 0 Å². The summed E-state index contributed by atoms with van der Waals surface area (Å²) >= 11 is 0. The van der Waals surface area contributed by atoms with Gasteiger partial charge >= 0.3 is 39.5 Å². The first-order valence-corrected chi connectivity index (χ1v) is 38.9. The second-order valence-corrected chi connectivity index (χ2v) is 28.0. The van der Waals surface area contributed by atoms with Gasteiger partial charge in [-0.15, -0.1) is 0 Å². The number of hydrogen-bond donors (Lipinski definition) is 3. The number of rotatable bonds is 68. The number of aliphatic hydroxyl groups is 1. The van der Waals surface area contributed by atoms with Crippen molar-refractivity contribution in [3.8, 4) is 0 Å². The molecule has 0 aromatic heterocycles. The fourth-order valence-electron chi connectivity index (χ4n) is 10.1. The first-order valence-electron chi connectivity index (χ1n) is 36.0. The molecule has 0 aromatic rings. The SMILES string of the molecule is CCCCCC/C=C\C=C/CCCCCCCC(=O)O[C@H](COC(=O)CCCCCCCCCCCCCCC(C)C)COP(=O)(O)OC[C@@H](O)COP(=O)(O)OC[C@@H](COC(=O)CCCCCCCCCC)OC(=O)CCCCCCCCCCCCC. The van der Waals surface area contributed by atoms with Crippen molar-refractivity contribution < 1.29 is 80.2 Å². The minimum atomic E-state index is -4.96. The number of phosphoric acid groups is 2. The Morgan fingerprint density at radius 3 is 0.921 bits per heavy atom. The quantitative estimate of drug-likeness (QED) is 0.0169. The van der Waals surface area contributed by atoms with Gasteiger partial charge in [-0.3, -0.25) is 37.3 Å². The van der Waals surface area contributed by atoms with Gasteiger partial charge < -0.3 is 33.8 Å².